The topological polar surface area (TPSA) is 18.5 Å². The van der Waals surface area contributed by atoms with Crippen molar-refractivity contribution in [2.75, 3.05) is 0 Å². The average molecular weight is 208 g/mol. The molecule has 0 aliphatic carbocycles. The molecule has 84 valence electrons. The molecule has 0 fully saturated rings. The average Bonchev–Trinajstić information content (AvgIpc) is 2.15. The minimum Gasteiger partial charge on any atom is -0.337 e. The second kappa shape index (κ2) is 5.17. The van der Waals surface area contributed by atoms with E-state index in [-0.39, 0.29) is 5.60 Å². The number of aryl methyl sites for hydroxylation is 1. The molecule has 0 spiro atoms. The highest BCUT2D eigenvalue weighted by molar-refractivity contribution is 5.28. The fraction of sp³-hybridized carbons (Fsp3) is 0.538. The van der Waals surface area contributed by atoms with Gasteiger partial charge in [-0.05, 0) is 44.9 Å². The van der Waals surface area contributed by atoms with Crippen LogP contribution in [0.4, 0.5) is 0 Å². The molecule has 1 rings (SSSR count). The van der Waals surface area contributed by atoms with Gasteiger partial charge in [0.1, 0.15) is 5.60 Å². The zero-order chi connectivity index (χ0) is 11.3. The largest absolute Gasteiger partial charge is 0.337 e. The lowest BCUT2D eigenvalue weighted by Gasteiger charge is -2.17. The summed E-state index contributed by atoms with van der Waals surface area (Å²) < 4.78 is 0. The van der Waals surface area contributed by atoms with Gasteiger partial charge in [0.05, 0.1) is 0 Å². The molecule has 0 aliphatic heterocycles. The molecule has 2 nitrogen and oxygen atoms in total. The summed E-state index contributed by atoms with van der Waals surface area (Å²) in [6, 6.07) is 8.03. The molecule has 0 saturated heterocycles. The van der Waals surface area contributed by atoms with Gasteiger partial charge in [-0.15, -0.1) is 0 Å². The highest BCUT2D eigenvalue weighted by Gasteiger charge is 2.12. The van der Waals surface area contributed by atoms with Gasteiger partial charge in [-0.1, -0.05) is 25.5 Å². The van der Waals surface area contributed by atoms with Crippen LogP contribution < -0.4 is 4.89 Å². The van der Waals surface area contributed by atoms with Crippen molar-refractivity contribution in [3.05, 3.63) is 29.8 Å². The summed E-state index contributed by atoms with van der Waals surface area (Å²) in [6.45, 7) is 8.05. The highest BCUT2D eigenvalue weighted by Crippen LogP contribution is 2.17. The van der Waals surface area contributed by atoms with Gasteiger partial charge in [0, 0.05) is 0 Å². The standard InChI is InChI=1S/C13H20O2/c1-5-7-11-8-6-9-12(10-11)14-15-13(2,3)4/h6,8-10H,5,7H2,1-4H3. The van der Waals surface area contributed by atoms with Crippen molar-refractivity contribution in [1.29, 1.82) is 0 Å². The predicted molar refractivity (Wildman–Crippen MR) is 61.9 cm³/mol. The Kier molecular flexibility index (Phi) is 4.15. The Labute approximate surface area is 92.1 Å². The van der Waals surface area contributed by atoms with E-state index in [1.165, 1.54) is 5.56 Å². The second-order valence-electron chi connectivity index (χ2n) is 4.68. The molecule has 1 aromatic carbocycles. The van der Waals surface area contributed by atoms with Crippen molar-refractivity contribution in [2.45, 2.75) is 46.1 Å². The quantitative estimate of drug-likeness (QED) is 0.554. The first-order valence-electron chi connectivity index (χ1n) is 5.46. The molecule has 0 amide bonds. The maximum Gasteiger partial charge on any atom is 0.165 e. The van der Waals surface area contributed by atoms with E-state index in [4.69, 9.17) is 9.78 Å². The van der Waals surface area contributed by atoms with Gasteiger partial charge in [-0.3, -0.25) is 0 Å². The Bertz CT molecular complexity index is 300. The molecular weight excluding hydrogens is 188 g/mol. The third kappa shape index (κ3) is 4.84. The number of benzene rings is 1. The lowest BCUT2D eigenvalue weighted by atomic mass is 10.1. The van der Waals surface area contributed by atoms with Crippen molar-refractivity contribution in [3.63, 3.8) is 0 Å². The molecule has 0 unspecified atom stereocenters. The molecule has 1 aromatic rings. The number of rotatable bonds is 4. The van der Waals surface area contributed by atoms with Crippen LogP contribution in [-0.2, 0) is 11.3 Å². The Morgan fingerprint density at radius 1 is 1.20 bits per heavy atom. The van der Waals surface area contributed by atoms with Gasteiger partial charge < -0.3 is 4.89 Å². The van der Waals surface area contributed by atoms with Gasteiger partial charge in [-0.2, -0.15) is 4.89 Å². The zero-order valence-corrected chi connectivity index (χ0v) is 10.0. The third-order valence-electron chi connectivity index (χ3n) is 1.83. The molecule has 0 saturated carbocycles. The Morgan fingerprint density at radius 3 is 2.53 bits per heavy atom. The van der Waals surface area contributed by atoms with Crippen LogP contribution >= 0.6 is 0 Å². The first-order chi connectivity index (χ1) is 7.01. The summed E-state index contributed by atoms with van der Waals surface area (Å²) in [5.74, 6) is 0.774. The van der Waals surface area contributed by atoms with Crippen molar-refractivity contribution < 1.29 is 9.78 Å². The summed E-state index contributed by atoms with van der Waals surface area (Å²) in [7, 11) is 0. The molecule has 0 bridgehead atoms. The van der Waals surface area contributed by atoms with Crippen LogP contribution in [0.5, 0.6) is 5.75 Å². The fourth-order valence-electron chi connectivity index (χ4n) is 1.21. The van der Waals surface area contributed by atoms with Crippen LogP contribution in [0.3, 0.4) is 0 Å². The lowest BCUT2D eigenvalue weighted by molar-refractivity contribution is -0.274. The first kappa shape index (κ1) is 12.1. The molecule has 0 aromatic heterocycles. The second-order valence-corrected chi connectivity index (χ2v) is 4.68. The highest BCUT2D eigenvalue weighted by atomic mass is 17.2. The summed E-state index contributed by atoms with van der Waals surface area (Å²) in [5.41, 5.74) is 1.01. The van der Waals surface area contributed by atoms with Crippen LogP contribution in [0.25, 0.3) is 0 Å². The molecule has 15 heavy (non-hydrogen) atoms. The molecule has 0 aliphatic rings. The van der Waals surface area contributed by atoms with Gasteiger partial charge in [0.25, 0.3) is 0 Å². The summed E-state index contributed by atoms with van der Waals surface area (Å²) >= 11 is 0. The summed E-state index contributed by atoms with van der Waals surface area (Å²) in [4.78, 5) is 10.5. The fourth-order valence-corrected chi connectivity index (χ4v) is 1.21. The molecule has 0 N–H and O–H groups in total. The van der Waals surface area contributed by atoms with Crippen LogP contribution in [0.15, 0.2) is 24.3 Å². The normalized spacial score (nSPS) is 11.5. The van der Waals surface area contributed by atoms with Crippen molar-refractivity contribution in [3.8, 4) is 5.75 Å². The zero-order valence-electron chi connectivity index (χ0n) is 10.0. The van der Waals surface area contributed by atoms with Crippen LogP contribution in [0.2, 0.25) is 0 Å². The Hall–Kier alpha value is -1.02. The Balaban J connectivity index is 2.57. The van der Waals surface area contributed by atoms with Crippen LogP contribution in [0, 0.1) is 0 Å². The summed E-state index contributed by atoms with van der Waals surface area (Å²) in [5, 5.41) is 0. The van der Waals surface area contributed by atoms with E-state index in [9.17, 15) is 0 Å². The lowest BCUT2D eigenvalue weighted by Crippen LogP contribution is -2.21. The predicted octanol–water partition coefficient (Wildman–Crippen LogP) is 3.75. The van der Waals surface area contributed by atoms with E-state index >= 15 is 0 Å². The maximum absolute atomic E-state index is 5.26. The molecule has 0 radical (unpaired) electrons. The van der Waals surface area contributed by atoms with Gasteiger partial charge in [0.2, 0.25) is 0 Å². The first-order valence-corrected chi connectivity index (χ1v) is 5.46. The van der Waals surface area contributed by atoms with E-state index in [1.807, 2.05) is 39.0 Å². The van der Waals surface area contributed by atoms with Crippen molar-refractivity contribution in [1.82, 2.24) is 0 Å². The van der Waals surface area contributed by atoms with E-state index in [0.29, 0.717) is 0 Å². The number of hydrogen-bond acceptors (Lipinski definition) is 2. The summed E-state index contributed by atoms with van der Waals surface area (Å²) in [6.07, 6.45) is 2.22. The van der Waals surface area contributed by atoms with E-state index < -0.39 is 0 Å². The van der Waals surface area contributed by atoms with Crippen LogP contribution in [0.1, 0.15) is 39.7 Å². The molecule has 0 heterocycles. The minimum absolute atomic E-state index is 0.277. The Morgan fingerprint density at radius 2 is 1.93 bits per heavy atom. The molecule has 2 heteroatoms. The maximum atomic E-state index is 5.26. The minimum atomic E-state index is -0.277. The molecular formula is C13H20O2. The van der Waals surface area contributed by atoms with Crippen molar-refractivity contribution in [2.24, 2.45) is 0 Å². The van der Waals surface area contributed by atoms with Crippen LogP contribution in [-0.4, -0.2) is 5.60 Å². The monoisotopic (exact) mass is 208 g/mol. The van der Waals surface area contributed by atoms with E-state index in [2.05, 4.69) is 13.0 Å². The van der Waals surface area contributed by atoms with Gasteiger partial charge in [0.15, 0.2) is 5.75 Å². The van der Waals surface area contributed by atoms with E-state index in [0.717, 1.165) is 18.6 Å². The molecule has 0 atom stereocenters. The number of hydrogen-bond donors (Lipinski definition) is 0. The third-order valence-corrected chi connectivity index (χ3v) is 1.83. The SMILES string of the molecule is CCCc1cccc(OOC(C)(C)C)c1. The van der Waals surface area contributed by atoms with Gasteiger partial charge >= 0.3 is 0 Å². The van der Waals surface area contributed by atoms with Gasteiger partial charge in [-0.25, -0.2) is 0 Å². The smallest absolute Gasteiger partial charge is 0.165 e. The van der Waals surface area contributed by atoms with E-state index in [1.54, 1.807) is 0 Å². The van der Waals surface area contributed by atoms with Crippen molar-refractivity contribution >= 4 is 0 Å².